The van der Waals surface area contributed by atoms with Crippen LogP contribution in [0.1, 0.15) is 29.0 Å². The highest BCUT2D eigenvalue weighted by molar-refractivity contribution is 5.38. The monoisotopic (exact) mass is 341 g/mol. The zero-order chi connectivity index (χ0) is 17.7. The molecule has 4 heteroatoms. The van der Waals surface area contributed by atoms with Crippen molar-refractivity contribution in [2.75, 3.05) is 34.0 Å². The van der Waals surface area contributed by atoms with Gasteiger partial charge in [0.05, 0.1) is 12.2 Å². The quantitative estimate of drug-likeness (QED) is 0.647. The number of aliphatic hydroxyl groups is 1. The molecule has 2 aromatic rings. The summed E-state index contributed by atoms with van der Waals surface area (Å²) in [6, 6.07) is 18.4. The first-order valence-electron chi connectivity index (χ1n) is 8.76. The molecule has 1 aliphatic heterocycles. The molecule has 4 nitrogen and oxygen atoms in total. The third-order valence-electron chi connectivity index (χ3n) is 5.09. The molecular formula is C21H27NO3. The van der Waals surface area contributed by atoms with Gasteiger partial charge in [-0.1, -0.05) is 54.6 Å². The van der Waals surface area contributed by atoms with Gasteiger partial charge < -0.3 is 19.5 Å². The van der Waals surface area contributed by atoms with Crippen LogP contribution < -0.4 is 0 Å². The van der Waals surface area contributed by atoms with E-state index in [1.807, 2.05) is 42.5 Å². The number of likely N-dealkylation sites (N-methyl/N-ethyl adjacent to an activating group) is 1. The topological polar surface area (TPSA) is 41.9 Å². The summed E-state index contributed by atoms with van der Waals surface area (Å²) < 4.78 is 10.6. The second-order valence-corrected chi connectivity index (χ2v) is 6.81. The number of likely N-dealkylation sites (tertiary alicyclic amines) is 1. The highest BCUT2D eigenvalue weighted by Gasteiger charge is 2.43. The van der Waals surface area contributed by atoms with Crippen molar-refractivity contribution >= 4 is 0 Å². The lowest BCUT2D eigenvalue weighted by Crippen LogP contribution is -2.47. The first kappa shape index (κ1) is 18.1. The number of rotatable bonds is 6. The summed E-state index contributed by atoms with van der Waals surface area (Å²) in [5.74, 6) is 0.0241. The largest absolute Gasteiger partial charge is 0.384 e. The maximum absolute atomic E-state index is 11.8. The zero-order valence-corrected chi connectivity index (χ0v) is 15.0. The Morgan fingerprint density at radius 2 is 1.84 bits per heavy atom. The van der Waals surface area contributed by atoms with Crippen molar-refractivity contribution < 1.29 is 14.6 Å². The molecule has 25 heavy (non-hydrogen) atoms. The van der Waals surface area contributed by atoms with E-state index in [4.69, 9.17) is 9.47 Å². The van der Waals surface area contributed by atoms with Crippen molar-refractivity contribution in [3.63, 3.8) is 0 Å². The molecule has 1 aliphatic rings. The number of methoxy groups -OCH3 is 1. The Kier molecular flexibility index (Phi) is 5.86. The minimum Gasteiger partial charge on any atom is -0.384 e. The van der Waals surface area contributed by atoms with E-state index < -0.39 is 5.60 Å². The number of hydrogen-bond acceptors (Lipinski definition) is 4. The van der Waals surface area contributed by atoms with E-state index in [1.54, 1.807) is 7.11 Å². The van der Waals surface area contributed by atoms with Crippen LogP contribution in [0.3, 0.4) is 0 Å². The van der Waals surface area contributed by atoms with E-state index in [0.717, 1.165) is 24.2 Å². The Balaban J connectivity index is 1.97. The Hall–Kier alpha value is -1.72. The summed E-state index contributed by atoms with van der Waals surface area (Å²) in [5.41, 5.74) is 2.26. The lowest BCUT2D eigenvalue weighted by atomic mass is 9.71. The average molecular weight is 341 g/mol. The van der Waals surface area contributed by atoms with Crippen molar-refractivity contribution in [3.8, 4) is 0 Å². The third kappa shape index (κ3) is 3.93. The van der Waals surface area contributed by atoms with Gasteiger partial charge in [-0.2, -0.15) is 0 Å². The predicted octanol–water partition coefficient (Wildman–Crippen LogP) is 3.11. The van der Waals surface area contributed by atoms with Crippen molar-refractivity contribution in [1.29, 1.82) is 0 Å². The Morgan fingerprint density at radius 3 is 2.60 bits per heavy atom. The fraction of sp³-hybridized carbons (Fsp3) is 0.429. The predicted molar refractivity (Wildman–Crippen MR) is 98.3 cm³/mol. The van der Waals surface area contributed by atoms with Gasteiger partial charge in [0.25, 0.3) is 0 Å². The van der Waals surface area contributed by atoms with Gasteiger partial charge in [0.2, 0.25) is 0 Å². The first-order chi connectivity index (χ1) is 12.1. The zero-order valence-electron chi connectivity index (χ0n) is 15.0. The molecule has 0 radical (unpaired) electrons. The Labute approximate surface area is 150 Å². The lowest BCUT2D eigenvalue weighted by Gasteiger charge is -2.45. The molecular weight excluding hydrogens is 314 g/mol. The molecule has 1 saturated heterocycles. The third-order valence-corrected chi connectivity index (χ3v) is 5.09. The second-order valence-electron chi connectivity index (χ2n) is 6.81. The standard InChI is InChI=1S/C21H27NO3/c1-22-13-12-21(23,20(14-22)17-8-4-3-5-9-17)19-11-7-6-10-18(19)15-25-16-24-2/h3-11,20,23H,12-16H2,1-2H3. The van der Waals surface area contributed by atoms with Gasteiger partial charge in [-0.25, -0.2) is 0 Å². The minimum absolute atomic E-state index is 0.0241. The molecule has 1 heterocycles. The maximum Gasteiger partial charge on any atom is 0.146 e. The molecule has 2 aromatic carbocycles. The van der Waals surface area contributed by atoms with Crippen LogP contribution in [0, 0.1) is 0 Å². The number of piperidine rings is 1. The highest BCUT2D eigenvalue weighted by Crippen LogP contribution is 2.44. The molecule has 1 fully saturated rings. The van der Waals surface area contributed by atoms with Gasteiger partial charge in [0.15, 0.2) is 0 Å². The first-order valence-corrected chi connectivity index (χ1v) is 8.76. The molecule has 1 N–H and O–H groups in total. The number of hydrogen-bond donors (Lipinski definition) is 1. The van der Waals surface area contributed by atoms with Crippen LogP contribution >= 0.6 is 0 Å². The average Bonchev–Trinajstić information content (AvgIpc) is 2.65. The van der Waals surface area contributed by atoms with Crippen molar-refractivity contribution in [1.82, 2.24) is 4.90 Å². The lowest BCUT2D eigenvalue weighted by molar-refractivity contribution is -0.0523. The van der Waals surface area contributed by atoms with Crippen LogP contribution in [0.4, 0.5) is 0 Å². The van der Waals surface area contributed by atoms with E-state index in [0.29, 0.717) is 13.0 Å². The van der Waals surface area contributed by atoms with Crippen molar-refractivity contribution in [2.24, 2.45) is 0 Å². The Morgan fingerprint density at radius 1 is 1.12 bits per heavy atom. The summed E-state index contributed by atoms with van der Waals surface area (Å²) in [6.45, 7) is 2.38. The Bertz CT molecular complexity index is 676. The van der Waals surface area contributed by atoms with Gasteiger partial charge >= 0.3 is 0 Å². The summed E-state index contributed by atoms with van der Waals surface area (Å²) in [6.07, 6.45) is 0.699. The molecule has 134 valence electrons. The van der Waals surface area contributed by atoms with Gasteiger partial charge in [0, 0.05) is 26.1 Å². The molecule has 2 atom stereocenters. The minimum atomic E-state index is -0.902. The van der Waals surface area contributed by atoms with E-state index in [1.165, 1.54) is 5.56 Å². The number of benzene rings is 2. The normalized spacial score (nSPS) is 24.4. The number of ether oxygens (including phenoxy) is 2. The molecule has 0 bridgehead atoms. The van der Waals surface area contributed by atoms with Crippen molar-refractivity contribution in [3.05, 3.63) is 71.3 Å². The summed E-state index contributed by atoms with van der Waals surface area (Å²) in [4.78, 5) is 2.29. The molecule has 3 rings (SSSR count). The second kappa shape index (κ2) is 8.11. The summed E-state index contributed by atoms with van der Waals surface area (Å²) in [7, 11) is 3.73. The summed E-state index contributed by atoms with van der Waals surface area (Å²) in [5, 5.41) is 11.8. The van der Waals surface area contributed by atoms with Crippen LogP contribution in [-0.2, 0) is 21.7 Å². The van der Waals surface area contributed by atoms with E-state index >= 15 is 0 Å². The van der Waals surface area contributed by atoms with Crippen LogP contribution in [0.5, 0.6) is 0 Å². The van der Waals surface area contributed by atoms with Crippen LogP contribution in [0.25, 0.3) is 0 Å². The van der Waals surface area contributed by atoms with Gasteiger partial charge in [-0.05, 0) is 30.2 Å². The SMILES string of the molecule is COCOCc1ccccc1C1(O)CCN(C)CC1c1ccccc1. The smallest absolute Gasteiger partial charge is 0.146 e. The van der Waals surface area contributed by atoms with E-state index in [9.17, 15) is 5.11 Å². The number of nitrogens with zero attached hydrogens (tertiary/aromatic N) is 1. The highest BCUT2D eigenvalue weighted by atomic mass is 16.7. The van der Waals surface area contributed by atoms with Crippen LogP contribution in [-0.4, -0.2) is 44.0 Å². The van der Waals surface area contributed by atoms with E-state index in [-0.39, 0.29) is 12.7 Å². The summed E-state index contributed by atoms with van der Waals surface area (Å²) >= 11 is 0. The van der Waals surface area contributed by atoms with Crippen LogP contribution in [0.15, 0.2) is 54.6 Å². The molecule has 2 unspecified atom stereocenters. The molecule has 0 saturated carbocycles. The van der Waals surface area contributed by atoms with Gasteiger partial charge in [0.1, 0.15) is 6.79 Å². The van der Waals surface area contributed by atoms with Gasteiger partial charge in [-0.3, -0.25) is 0 Å². The van der Waals surface area contributed by atoms with Crippen molar-refractivity contribution in [2.45, 2.75) is 24.5 Å². The molecule has 0 amide bonds. The maximum atomic E-state index is 11.8. The fourth-order valence-electron chi connectivity index (χ4n) is 3.78. The van der Waals surface area contributed by atoms with E-state index in [2.05, 4.69) is 24.1 Å². The molecule has 0 aromatic heterocycles. The fourth-order valence-corrected chi connectivity index (χ4v) is 3.78. The molecule has 0 spiro atoms. The molecule has 0 aliphatic carbocycles. The van der Waals surface area contributed by atoms with Crippen LogP contribution in [0.2, 0.25) is 0 Å². The van der Waals surface area contributed by atoms with Gasteiger partial charge in [-0.15, -0.1) is 0 Å².